The van der Waals surface area contributed by atoms with E-state index in [1.54, 1.807) is 37.5 Å². The molecule has 5 nitrogen and oxygen atoms in total. The molecule has 0 amide bonds. The summed E-state index contributed by atoms with van der Waals surface area (Å²) in [5, 5.41) is 20.5. The Morgan fingerprint density at radius 2 is 2.21 bits per heavy atom. The zero-order valence-corrected chi connectivity index (χ0v) is 11.9. The minimum Gasteiger partial charge on any atom is -0.389 e. The highest BCUT2D eigenvalue weighted by molar-refractivity contribution is 9.10. The highest BCUT2D eigenvalue weighted by Gasteiger charge is 2.14. The molecule has 0 aliphatic rings. The normalized spacial score (nSPS) is 12.4. The van der Waals surface area contributed by atoms with Crippen molar-refractivity contribution in [1.82, 2.24) is 4.57 Å². The van der Waals surface area contributed by atoms with Crippen molar-refractivity contribution >= 4 is 21.6 Å². The summed E-state index contributed by atoms with van der Waals surface area (Å²) in [6, 6.07) is 6.80. The Morgan fingerprint density at radius 1 is 1.47 bits per heavy atom. The molecule has 0 bridgehead atoms. The van der Waals surface area contributed by atoms with E-state index < -0.39 is 6.10 Å². The van der Waals surface area contributed by atoms with Crippen molar-refractivity contribution < 1.29 is 10.0 Å². The Morgan fingerprint density at radius 3 is 2.79 bits per heavy atom. The van der Waals surface area contributed by atoms with Crippen molar-refractivity contribution in [3.8, 4) is 0 Å². The average molecular weight is 325 g/mol. The average Bonchev–Trinajstić information content (AvgIpc) is 2.80. The van der Waals surface area contributed by atoms with Crippen LogP contribution in [0, 0.1) is 10.1 Å². The summed E-state index contributed by atoms with van der Waals surface area (Å²) in [4.78, 5) is 10.6. The number of rotatable bonds is 4. The Balaban J connectivity index is 2.29. The fourth-order valence-electron chi connectivity index (χ4n) is 1.84. The molecule has 0 saturated carbocycles. The molecule has 0 spiro atoms. The first-order chi connectivity index (χ1) is 8.97. The van der Waals surface area contributed by atoms with Gasteiger partial charge >= 0.3 is 0 Å². The van der Waals surface area contributed by atoms with E-state index in [1.165, 1.54) is 6.07 Å². The Bertz CT molecular complexity index is 608. The van der Waals surface area contributed by atoms with Crippen LogP contribution in [-0.2, 0) is 6.54 Å². The second-order valence-corrected chi connectivity index (χ2v) is 5.24. The maximum atomic E-state index is 11.0. The predicted molar refractivity (Wildman–Crippen MR) is 75.0 cm³/mol. The lowest BCUT2D eigenvalue weighted by molar-refractivity contribution is -0.385. The van der Waals surface area contributed by atoms with Crippen LogP contribution in [0.4, 0.5) is 5.69 Å². The van der Waals surface area contributed by atoms with Gasteiger partial charge in [0.15, 0.2) is 0 Å². The summed E-state index contributed by atoms with van der Waals surface area (Å²) >= 11 is 3.23. The number of aliphatic hydroxyl groups excluding tert-OH is 1. The number of hydrogen-bond acceptors (Lipinski definition) is 3. The zero-order valence-electron chi connectivity index (χ0n) is 10.3. The van der Waals surface area contributed by atoms with E-state index in [-0.39, 0.29) is 10.6 Å². The summed E-state index contributed by atoms with van der Waals surface area (Å²) in [7, 11) is 0. The number of nitrogens with zero attached hydrogens (tertiary/aromatic N) is 2. The lowest BCUT2D eigenvalue weighted by Gasteiger charge is -2.05. The van der Waals surface area contributed by atoms with Gasteiger partial charge in [-0.3, -0.25) is 10.1 Å². The molecule has 6 heteroatoms. The van der Waals surface area contributed by atoms with E-state index in [4.69, 9.17) is 0 Å². The molecule has 1 heterocycles. The number of aliphatic hydroxyl groups is 1. The molecule has 0 saturated heterocycles. The van der Waals surface area contributed by atoms with Crippen LogP contribution in [0.15, 0.2) is 41.1 Å². The number of halogens is 1. The molecule has 1 unspecified atom stereocenters. The van der Waals surface area contributed by atoms with Gasteiger partial charge in [0, 0.05) is 28.5 Å². The van der Waals surface area contributed by atoms with Gasteiger partial charge in [0.05, 0.1) is 17.6 Å². The van der Waals surface area contributed by atoms with Crippen molar-refractivity contribution in [2.24, 2.45) is 0 Å². The fourth-order valence-corrected chi connectivity index (χ4v) is 2.19. The van der Waals surface area contributed by atoms with E-state index in [9.17, 15) is 15.2 Å². The molecular formula is C13H13BrN2O3. The smallest absolute Gasteiger partial charge is 0.275 e. The number of hydrogen-bond donors (Lipinski definition) is 1. The van der Waals surface area contributed by atoms with Crippen molar-refractivity contribution in [2.75, 3.05) is 0 Å². The quantitative estimate of drug-likeness (QED) is 0.693. The second-order valence-electron chi connectivity index (χ2n) is 4.32. The molecule has 1 N–H and O–H groups in total. The summed E-state index contributed by atoms with van der Waals surface area (Å²) in [6.07, 6.45) is 3.05. The van der Waals surface area contributed by atoms with Crippen LogP contribution in [0.25, 0.3) is 0 Å². The van der Waals surface area contributed by atoms with Gasteiger partial charge in [-0.15, -0.1) is 0 Å². The van der Waals surface area contributed by atoms with Gasteiger partial charge in [0.25, 0.3) is 5.69 Å². The molecule has 0 aliphatic heterocycles. The number of nitro groups is 1. The van der Waals surface area contributed by atoms with Gasteiger partial charge in [0.1, 0.15) is 0 Å². The molecule has 1 atom stereocenters. The first-order valence-electron chi connectivity index (χ1n) is 5.74. The Kier molecular flexibility index (Phi) is 4.01. The standard InChI is InChI=1S/C13H13BrN2O3/c1-9(17)10-4-5-15(7-10)8-11-2-3-12(14)6-13(11)16(18)19/h2-7,9,17H,8H2,1H3. The van der Waals surface area contributed by atoms with Gasteiger partial charge in [-0.05, 0) is 30.7 Å². The monoisotopic (exact) mass is 324 g/mol. The number of nitro benzene ring substituents is 1. The summed E-state index contributed by atoms with van der Waals surface area (Å²) in [5.74, 6) is 0. The van der Waals surface area contributed by atoms with E-state index in [0.29, 0.717) is 16.6 Å². The van der Waals surface area contributed by atoms with Crippen molar-refractivity contribution in [3.05, 3.63) is 62.4 Å². The SMILES string of the molecule is CC(O)c1ccn(Cc2ccc(Br)cc2[N+](=O)[O-])c1. The maximum Gasteiger partial charge on any atom is 0.275 e. The first-order valence-corrected chi connectivity index (χ1v) is 6.53. The van der Waals surface area contributed by atoms with Crippen LogP contribution in [0.2, 0.25) is 0 Å². The summed E-state index contributed by atoms with van der Waals surface area (Å²) in [5.41, 5.74) is 1.50. The maximum absolute atomic E-state index is 11.0. The van der Waals surface area contributed by atoms with Gasteiger partial charge in [-0.2, -0.15) is 0 Å². The van der Waals surface area contributed by atoms with Gasteiger partial charge < -0.3 is 9.67 Å². The third-order valence-corrected chi connectivity index (χ3v) is 3.35. The van der Waals surface area contributed by atoms with Crippen LogP contribution in [0.1, 0.15) is 24.2 Å². The Hall–Kier alpha value is -1.66. The van der Waals surface area contributed by atoms with Crippen molar-refractivity contribution in [2.45, 2.75) is 19.6 Å². The van der Waals surface area contributed by atoms with Gasteiger partial charge in [-0.1, -0.05) is 15.9 Å². The minimum absolute atomic E-state index is 0.0849. The van der Waals surface area contributed by atoms with Gasteiger partial charge in [-0.25, -0.2) is 0 Å². The third-order valence-electron chi connectivity index (χ3n) is 2.85. The van der Waals surface area contributed by atoms with Crippen LogP contribution >= 0.6 is 15.9 Å². The van der Waals surface area contributed by atoms with E-state index >= 15 is 0 Å². The topological polar surface area (TPSA) is 68.3 Å². The van der Waals surface area contributed by atoms with Crippen LogP contribution in [0.3, 0.4) is 0 Å². The first kappa shape index (κ1) is 13.8. The highest BCUT2D eigenvalue weighted by Crippen LogP contribution is 2.24. The zero-order chi connectivity index (χ0) is 14.0. The van der Waals surface area contributed by atoms with Gasteiger partial charge in [0.2, 0.25) is 0 Å². The molecular weight excluding hydrogens is 312 g/mol. The fraction of sp³-hybridized carbons (Fsp3) is 0.231. The lowest BCUT2D eigenvalue weighted by atomic mass is 10.2. The lowest BCUT2D eigenvalue weighted by Crippen LogP contribution is -2.01. The molecule has 1 aromatic carbocycles. The number of aromatic nitrogens is 1. The predicted octanol–water partition coefficient (Wildman–Crippen LogP) is 3.26. The molecule has 2 aromatic rings. The van der Waals surface area contributed by atoms with Crippen LogP contribution in [0.5, 0.6) is 0 Å². The third kappa shape index (κ3) is 3.21. The second kappa shape index (κ2) is 5.54. The van der Waals surface area contributed by atoms with Crippen molar-refractivity contribution in [1.29, 1.82) is 0 Å². The number of benzene rings is 1. The van der Waals surface area contributed by atoms with Crippen LogP contribution in [-0.4, -0.2) is 14.6 Å². The molecule has 2 rings (SSSR count). The van der Waals surface area contributed by atoms with Crippen LogP contribution < -0.4 is 0 Å². The highest BCUT2D eigenvalue weighted by atomic mass is 79.9. The molecule has 19 heavy (non-hydrogen) atoms. The molecule has 1 aromatic heterocycles. The molecule has 0 aliphatic carbocycles. The molecule has 0 fully saturated rings. The molecule has 0 radical (unpaired) electrons. The van der Waals surface area contributed by atoms with E-state index in [0.717, 1.165) is 5.56 Å². The Labute approximate surface area is 118 Å². The van der Waals surface area contributed by atoms with E-state index in [1.807, 2.05) is 4.57 Å². The minimum atomic E-state index is -0.541. The largest absolute Gasteiger partial charge is 0.389 e. The van der Waals surface area contributed by atoms with E-state index in [2.05, 4.69) is 15.9 Å². The molecule has 100 valence electrons. The summed E-state index contributed by atoms with van der Waals surface area (Å²) in [6.45, 7) is 2.08. The summed E-state index contributed by atoms with van der Waals surface area (Å²) < 4.78 is 2.50. The van der Waals surface area contributed by atoms with Crippen molar-refractivity contribution in [3.63, 3.8) is 0 Å².